The predicted octanol–water partition coefficient (Wildman–Crippen LogP) is 2.24. The van der Waals surface area contributed by atoms with E-state index in [-0.39, 0.29) is 5.92 Å². The normalized spacial score (nSPS) is 16.2. The minimum Gasteiger partial charge on any atom is -0.393 e. The molecule has 1 aromatic carbocycles. The fourth-order valence-electron chi connectivity index (χ4n) is 2.23. The number of carbonyl (C=O) groups is 1. The molecule has 20 heavy (non-hydrogen) atoms. The van der Waals surface area contributed by atoms with Gasteiger partial charge in [-0.2, -0.15) is 0 Å². The SMILES string of the molecule is NC(=S)C1CCN(C(=O)c2ccc(F)c(F)c2F)CC1. The summed E-state index contributed by atoms with van der Waals surface area (Å²) in [5.41, 5.74) is 5.08. The van der Waals surface area contributed by atoms with Gasteiger partial charge in [0, 0.05) is 19.0 Å². The maximum Gasteiger partial charge on any atom is 0.256 e. The molecule has 0 bridgehead atoms. The molecule has 0 radical (unpaired) electrons. The molecule has 7 heteroatoms. The average Bonchev–Trinajstić information content (AvgIpc) is 2.44. The Labute approximate surface area is 119 Å². The number of piperidine rings is 1. The number of halogens is 3. The number of benzene rings is 1. The summed E-state index contributed by atoms with van der Waals surface area (Å²) in [6.07, 6.45) is 1.18. The second-order valence-corrected chi connectivity index (χ2v) is 5.16. The summed E-state index contributed by atoms with van der Waals surface area (Å²) in [5.74, 6) is -4.99. The molecule has 1 aliphatic heterocycles. The molecule has 0 aromatic heterocycles. The molecule has 0 aliphatic carbocycles. The van der Waals surface area contributed by atoms with Crippen molar-refractivity contribution in [3.05, 3.63) is 35.1 Å². The lowest BCUT2D eigenvalue weighted by molar-refractivity contribution is 0.0704. The summed E-state index contributed by atoms with van der Waals surface area (Å²) in [6.45, 7) is 0.721. The number of thiocarbonyl (C=S) groups is 1. The zero-order valence-corrected chi connectivity index (χ0v) is 11.4. The van der Waals surface area contributed by atoms with Crippen LogP contribution in [0, 0.1) is 23.4 Å². The molecule has 3 nitrogen and oxygen atoms in total. The first-order valence-corrected chi connectivity index (χ1v) is 6.54. The Balaban J connectivity index is 2.14. The summed E-state index contributed by atoms with van der Waals surface area (Å²) in [6, 6.07) is 1.70. The van der Waals surface area contributed by atoms with E-state index in [0.717, 1.165) is 12.1 Å². The summed E-state index contributed by atoms with van der Waals surface area (Å²) < 4.78 is 39.5. The lowest BCUT2D eigenvalue weighted by atomic mass is 9.96. The summed E-state index contributed by atoms with van der Waals surface area (Å²) in [7, 11) is 0. The molecule has 108 valence electrons. The van der Waals surface area contributed by atoms with E-state index in [1.807, 2.05) is 0 Å². The van der Waals surface area contributed by atoms with Crippen molar-refractivity contribution in [2.75, 3.05) is 13.1 Å². The van der Waals surface area contributed by atoms with Gasteiger partial charge >= 0.3 is 0 Å². The maximum absolute atomic E-state index is 13.6. The highest BCUT2D eigenvalue weighted by Gasteiger charge is 2.27. The van der Waals surface area contributed by atoms with Crippen molar-refractivity contribution in [2.24, 2.45) is 11.7 Å². The van der Waals surface area contributed by atoms with Gasteiger partial charge in [-0.3, -0.25) is 4.79 Å². The molecule has 1 amide bonds. The third-order valence-electron chi connectivity index (χ3n) is 3.45. The van der Waals surface area contributed by atoms with Gasteiger partial charge in [-0.25, -0.2) is 13.2 Å². The third kappa shape index (κ3) is 2.77. The lowest BCUT2D eigenvalue weighted by Gasteiger charge is -2.31. The zero-order chi connectivity index (χ0) is 14.9. The average molecular weight is 302 g/mol. The van der Waals surface area contributed by atoms with Crippen molar-refractivity contribution in [3.63, 3.8) is 0 Å². The second-order valence-electron chi connectivity index (χ2n) is 4.69. The molecule has 2 rings (SSSR count). The molecule has 1 fully saturated rings. The standard InChI is InChI=1S/C13H13F3N2OS/c14-9-2-1-8(10(15)11(9)16)13(19)18-5-3-7(4-6-18)12(17)20/h1-2,7H,3-6H2,(H2,17,20). The van der Waals surface area contributed by atoms with Crippen LogP contribution in [0.5, 0.6) is 0 Å². The van der Waals surface area contributed by atoms with Gasteiger partial charge in [0.25, 0.3) is 5.91 Å². The number of amides is 1. The van der Waals surface area contributed by atoms with Crippen LogP contribution in [0.3, 0.4) is 0 Å². The summed E-state index contributed by atoms with van der Waals surface area (Å²) >= 11 is 4.89. The van der Waals surface area contributed by atoms with E-state index in [4.69, 9.17) is 18.0 Å². The van der Waals surface area contributed by atoms with Gasteiger partial charge in [-0.05, 0) is 25.0 Å². The van der Waals surface area contributed by atoms with Crippen molar-refractivity contribution >= 4 is 23.1 Å². The molecule has 0 unspecified atom stereocenters. The molecular weight excluding hydrogens is 289 g/mol. The maximum atomic E-state index is 13.6. The van der Waals surface area contributed by atoms with Crippen LogP contribution >= 0.6 is 12.2 Å². The number of rotatable bonds is 2. The molecule has 1 saturated heterocycles. The quantitative estimate of drug-likeness (QED) is 0.673. The largest absolute Gasteiger partial charge is 0.393 e. The number of hydrogen-bond donors (Lipinski definition) is 1. The van der Waals surface area contributed by atoms with Crippen LogP contribution in [-0.2, 0) is 0 Å². The molecular formula is C13H13F3N2OS. The van der Waals surface area contributed by atoms with Crippen molar-refractivity contribution in [3.8, 4) is 0 Å². The van der Waals surface area contributed by atoms with Crippen LogP contribution < -0.4 is 5.73 Å². The number of nitrogens with two attached hydrogens (primary N) is 1. The third-order valence-corrected chi connectivity index (χ3v) is 3.78. The van der Waals surface area contributed by atoms with Gasteiger partial charge in [-0.15, -0.1) is 0 Å². The molecule has 1 heterocycles. The fraction of sp³-hybridized carbons (Fsp3) is 0.385. The first kappa shape index (κ1) is 14.8. The first-order valence-electron chi connectivity index (χ1n) is 6.14. The Kier molecular flexibility index (Phi) is 4.27. The Morgan fingerprint density at radius 1 is 1.20 bits per heavy atom. The lowest BCUT2D eigenvalue weighted by Crippen LogP contribution is -2.41. The molecule has 1 aromatic rings. The van der Waals surface area contributed by atoms with Crippen molar-refractivity contribution in [1.82, 2.24) is 4.90 Å². The molecule has 0 atom stereocenters. The van der Waals surface area contributed by atoms with Gasteiger partial charge in [-0.1, -0.05) is 12.2 Å². The Morgan fingerprint density at radius 2 is 1.80 bits per heavy atom. The smallest absolute Gasteiger partial charge is 0.256 e. The fourth-order valence-corrected chi connectivity index (χ4v) is 2.46. The second kappa shape index (κ2) is 5.78. The summed E-state index contributed by atoms with van der Waals surface area (Å²) in [4.78, 5) is 13.9. The minimum absolute atomic E-state index is 0.0591. The Bertz CT molecular complexity index is 557. The van der Waals surface area contributed by atoms with Gasteiger partial charge in [0.2, 0.25) is 0 Å². The van der Waals surface area contributed by atoms with Crippen LogP contribution in [0.25, 0.3) is 0 Å². The van der Waals surface area contributed by atoms with E-state index < -0.39 is 28.9 Å². The Morgan fingerprint density at radius 3 is 2.35 bits per heavy atom. The number of hydrogen-bond acceptors (Lipinski definition) is 2. The zero-order valence-electron chi connectivity index (χ0n) is 10.5. The molecule has 1 aliphatic rings. The van der Waals surface area contributed by atoms with Crippen LogP contribution in [0.4, 0.5) is 13.2 Å². The number of nitrogens with zero attached hydrogens (tertiary/aromatic N) is 1. The Hall–Kier alpha value is -1.63. The summed E-state index contributed by atoms with van der Waals surface area (Å²) in [5, 5.41) is 0. The number of likely N-dealkylation sites (tertiary alicyclic amines) is 1. The van der Waals surface area contributed by atoms with Crippen molar-refractivity contribution < 1.29 is 18.0 Å². The predicted molar refractivity (Wildman–Crippen MR) is 71.7 cm³/mol. The van der Waals surface area contributed by atoms with E-state index in [1.54, 1.807) is 0 Å². The highest BCUT2D eigenvalue weighted by molar-refractivity contribution is 7.80. The van der Waals surface area contributed by atoms with Crippen LogP contribution in [-0.4, -0.2) is 28.9 Å². The molecule has 2 N–H and O–H groups in total. The van der Waals surface area contributed by atoms with Gasteiger partial charge in [0.1, 0.15) is 0 Å². The van der Waals surface area contributed by atoms with Gasteiger partial charge < -0.3 is 10.6 Å². The highest BCUT2D eigenvalue weighted by atomic mass is 32.1. The van der Waals surface area contributed by atoms with Crippen LogP contribution in [0.2, 0.25) is 0 Å². The minimum atomic E-state index is -1.63. The van der Waals surface area contributed by atoms with Crippen LogP contribution in [0.1, 0.15) is 23.2 Å². The van der Waals surface area contributed by atoms with Gasteiger partial charge in [0.15, 0.2) is 17.5 Å². The van der Waals surface area contributed by atoms with E-state index in [2.05, 4.69) is 0 Å². The van der Waals surface area contributed by atoms with E-state index in [9.17, 15) is 18.0 Å². The topological polar surface area (TPSA) is 46.3 Å². The van der Waals surface area contributed by atoms with E-state index in [0.29, 0.717) is 30.9 Å². The molecule has 0 spiro atoms. The monoisotopic (exact) mass is 302 g/mol. The first-order chi connectivity index (χ1) is 9.41. The van der Waals surface area contributed by atoms with Crippen molar-refractivity contribution in [1.29, 1.82) is 0 Å². The molecule has 0 saturated carbocycles. The van der Waals surface area contributed by atoms with Crippen LogP contribution in [0.15, 0.2) is 12.1 Å². The van der Waals surface area contributed by atoms with E-state index in [1.165, 1.54) is 4.90 Å². The van der Waals surface area contributed by atoms with E-state index >= 15 is 0 Å². The highest BCUT2D eigenvalue weighted by Crippen LogP contribution is 2.22. The van der Waals surface area contributed by atoms with Crippen molar-refractivity contribution in [2.45, 2.75) is 12.8 Å². The van der Waals surface area contributed by atoms with Gasteiger partial charge in [0.05, 0.1) is 10.6 Å². The number of carbonyl (C=O) groups excluding carboxylic acids is 1.